The van der Waals surface area contributed by atoms with Gasteiger partial charge in [0.25, 0.3) is 5.91 Å². The largest absolute Gasteiger partial charge is 0.457 e. The molecule has 0 spiro atoms. The van der Waals surface area contributed by atoms with Crippen LogP contribution in [0.3, 0.4) is 0 Å². The summed E-state index contributed by atoms with van der Waals surface area (Å²) in [5, 5.41) is 4.01. The van der Waals surface area contributed by atoms with E-state index in [0.29, 0.717) is 26.6 Å². The van der Waals surface area contributed by atoms with Gasteiger partial charge in [-0.3, -0.25) is 4.79 Å². The normalized spacial score (nSPS) is 16.6. The van der Waals surface area contributed by atoms with Crippen LogP contribution in [0.25, 0.3) is 17.4 Å². The molecule has 4 nitrogen and oxygen atoms in total. The van der Waals surface area contributed by atoms with Crippen LogP contribution in [0, 0.1) is 6.92 Å². The van der Waals surface area contributed by atoms with Gasteiger partial charge in [0.2, 0.25) is 0 Å². The van der Waals surface area contributed by atoms with Gasteiger partial charge in [0.05, 0.1) is 10.6 Å². The Kier molecular flexibility index (Phi) is 5.60. The molecule has 2 heterocycles. The van der Waals surface area contributed by atoms with Crippen LogP contribution in [0.1, 0.15) is 23.8 Å². The summed E-state index contributed by atoms with van der Waals surface area (Å²) in [5.41, 5.74) is 4.06. The zero-order chi connectivity index (χ0) is 20.4. The summed E-state index contributed by atoms with van der Waals surface area (Å²) >= 11 is 7.40. The van der Waals surface area contributed by atoms with E-state index >= 15 is 0 Å². The van der Waals surface area contributed by atoms with E-state index in [2.05, 4.69) is 17.2 Å². The second-order valence-electron chi connectivity index (χ2n) is 6.66. The SMILES string of the molecule is CCc1ccc(N=C2NC(=O)/C(=C/c3ccc(-c4cc(Cl)ccc4C)o3)S2)cc1. The van der Waals surface area contributed by atoms with Gasteiger partial charge in [-0.25, -0.2) is 4.99 Å². The Morgan fingerprint density at radius 1 is 1.14 bits per heavy atom. The number of halogens is 1. The first-order chi connectivity index (χ1) is 14.0. The second kappa shape index (κ2) is 8.31. The van der Waals surface area contributed by atoms with Gasteiger partial charge in [0.15, 0.2) is 5.17 Å². The smallest absolute Gasteiger partial charge is 0.264 e. The van der Waals surface area contributed by atoms with Gasteiger partial charge in [-0.1, -0.05) is 36.7 Å². The van der Waals surface area contributed by atoms with Crippen molar-refractivity contribution in [3.8, 4) is 11.3 Å². The third-order valence-electron chi connectivity index (χ3n) is 4.59. The number of amidine groups is 1. The van der Waals surface area contributed by atoms with Gasteiger partial charge in [-0.15, -0.1) is 0 Å². The van der Waals surface area contributed by atoms with E-state index in [1.165, 1.54) is 17.3 Å². The number of aryl methyl sites for hydroxylation is 2. The molecular weight excluding hydrogens is 404 g/mol. The molecule has 2 aromatic carbocycles. The van der Waals surface area contributed by atoms with Gasteiger partial charge in [-0.2, -0.15) is 0 Å². The first-order valence-corrected chi connectivity index (χ1v) is 10.5. The quantitative estimate of drug-likeness (QED) is 0.497. The summed E-state index contributed by atoms with van der Waals surface area (Å²) in [6, 6.07) is 17.4. The topological polar surface area (TPSA) is 54.6 Å². The summed E-state index contributed by atoms with van der Waals surface area (Å²) in [4.78, 5) is 17.4. The second-order valence-corrected chi connectivity index (χ2v) is 8.13. The lowest BCUT2D eigenvalue weighted by Gasteiger charge is -2.02. The molecule has 1 aliphatic rings. The number of carbonyl (C=O) groups is 1. The van der Waals surface area contributed by atoms with Crippen molar-refractivity contribution in [1.29, 1.82) is 0 Å². The molecule has 1 aliphatic heterocycles. The summed E-state index contributed by atoms with van der Waals surface area (Å²) in [7, 11) is 0. The number of aliphatic imine (C=N–C) groups is 1. The van der Waals surface area contributed by atoms with Crippen molar-refractivity contribution in [1.82, 2.24) is 5.32 Å². The maximum absolute atomic E-state index is 12.3. The zero-order valence-corrected chi connectivity index (χ0v) is 17.6. The molecule has 6 heteroatoms. The lowest BCUT2D eigenvalue weighted by atomic mass is 10.1. The molecule has 4 rings (SSSR count). The van der Waals surface area contributed by atoms with Crippen molar-refractivity contribution >= 4 is 46.2 Å². The minimum Gasteiger partial charge on any atom is -0.457 e. The number of amides is 1. The van der Waals surface area contributed by atoms with Crippen LogP contribution in [-0.2, 0) is 11.2 Å². The highest BCUT2D eigenvalue weighted by molar-refractivity contribution is 8.18. The van der Waals surface area contributed by atoms with E-state index in [4.69, 9.17) is 16.0 Å². The molecule has 3 aromatic rings. The maximum Gasteiger partial charge on any atom is 0.264 e. The molecule has 1 saturated heterocycles. The van der Waals surface area contributed by atoms with Crippen LogP contribution in [0.15, 0.2) is 68.9 Å². The van der Waals surface area contributed by atoms with Crippen molar-refractivity contribution in [2.45, 2.75) is 20.3 Å². The highest BCUT2D eigenvalue weighted by Crippen LogP contribution is 2.32. The summed E-state index contributed by atoms with van der Waals surface area (Å²) in [5.74, 6) is 1.13. The van der Waals surface area contributed by atoms with Gasteiger partial charge < -0.3 is 9.73 Å². The Morgan fingerprint density at radius 3 is 2.69 bits per heavy atom. The summed E-state index contributed by atoms with van der Waals surface area (Å²) < 4.78 is 5.93. The lowest BCUT2D eigenvalue weighted by molar-refractivity contribution is -0.115. The first-order valence-electron chi connectivity index (χ1n) is 9.26. The number of benzene rings is 2. The third-order valence-corrected chi connectivity index (χ3v) is 5.74. The minimum absolute atomic E-state index is 0.184. The molecule has 1 aromatic heterocycles. The number of hydrogen-bond acceptors (Lipinski definition) is 4. The Bertz CT molecular complexity index is 1130. The summed E-state index contributed by atoms with van der Waals surface area (Å²) in [6.07, 6.45) is 2.71. The van der Waals surface area contributed by atoms with E-state index in [9.17, 15) is 4.79 Å². The molecule has 0 saturated carbocycles. The van der Waals surface area contributed by atoms with E-state index in [1.807, 2.05) is 61.5 Å². The molecule has 146 valence electrons. The zero-order valence-electron chi connectivity index (χ0n) is 16.0. The van der Waals surface area contributed by atoms with Gasteiger partial charge in [0.1, 0.15) is 11.5 Å². The van der Waals surface area contributed by atoms with Gasteiger partial charge in [0, 0.05) is 16.7 Å². The van der Waals surface area contributed by atoms with E-state index in [0.717, 1.165) is 23.2 Å². The minimum atomic E-state index is -0.184. The number of rotatable bonds is 4. The molecule has 0 bridgehead atoms. The molecule has 1 amide bonds. The van der Waals surface area contributed by atoms with Gasteiger partial charge in [-0.05, 0) is 72.6 Å². The Labute approximate surface area is 178 Å². The molecule has 0 unspecified atom stereocenters. The van der Waals surface area contributed by atoms with Crippen molar-refractivity contribution in [2.75, 3.05) is 0 Å². The molecule has 0 radical (unpaired) electrons. The Morgan fingerprint density at radius 2 is 1.93 bits per heavy atom. The molecule has 29 heavy (non-hydrogen) atoms. The van der Waals surface area contributed by atoms with Crippen LogP contribution < -0.4 is 5.32 Å². The predicted molar refractivity (Wildman–Crippen MR) is 121 cm³/mol. The lowest BCUT2D eigenvalue weighted by Crippen LogP contribution is -2.19. The van der Waals surface area contributed by atoms with Crippen molar-refractivity contribution in [3.05, 3.63) is 81.4 Å². The Hall–Kier alpha value is -2.76. The van der Waals surface area contributed by atoms with Crippen molar-refractivity contribution < 1.29 is 9.21 Å². The molecule has 1 N–H and O–H groups in total. The molecule has 0 aliphatic carbocycles. The fraction of sp³-hybridized carbons (Fsp3) is 0.130. The fourth-order valence-electron chi connectivity index (χ4n) is 2.97. The predicted octanol–water partition coefficient (Wildman–Crippen LogP) is 6.36. The number of nitrogens with zero attached hydrogens (tertiary/aromatic N) is 1. The van der Waals surface area contributed by atoms with E-state index < -0.39 is 0 Å². The van der Waals surface area contributed by atoms with E-state index in [-0.39, 0.29) is 5.91 Å². The average Bonchev–Trinajstić information content (AvgIpc) is 3.31. The Balaban J connectivity index is 1.54. The number of furan rings is 1. The monoisotopic (exact) mass is 422 g/mol. The van der Waals surface area contributed by atoms with Crippen LogP contribution in [0.4, 0.5) is 5.69 Å². The molecule has 0 atom stereocenters. The third kappa shape index (κ3) is 4.47. The number of hydrogen-bond donors (Lipinski definition) is 1. The highest BCUT2D eigenvalue weighted by Gasteiger charge is 2.24. The summed E-state index contributed by atoms with van der Waals surface area (Å²) in [6.45, 7) is 4.11. The molecule has 1 fully saturated rings. The number of nitrogens with one attached hydrogen (secondary N) is 1. The highest BCUT2D eigenvalue weighted by atomic mass is 35.5. The average molecular weight is 423 g/mol. The van der Waals surface area contributed by atoms with Crippen molar-refractivity contribution in [3.63, 3.8) is 0 Å². The van der Waals surface area contributed by atoms with Crippen LogP contribution in [0.2, 0.25) is 5.02 Å². The first kappa shape index (κ1) is 19.6. The number of carbonyl (C=O) groups excluding carboxylic acids is 1. The van der Waals surface area contributed by atoms with Crippen LogP contribution in [0.5, 0.6) is 0 Å². The van der Waals surface area contributed by atoms with Gasteiger partial charge >= 0.3 is 0 Å². The van der Waals surface area contributed by atoms with Crippen LogP contribution in [-0.4, -0.2) is 11.1 Å². The standard InChI is InChI=1S/C23H19ClN2O2S/c1-3-15-5-8-17(9-6-15)25-23-26-22(27)21(29-23)13-18-10-11-20(28-18)19-12-16(24)7-4-14(19)2/h4-13H,3H2,1-2H3,(H,25,26,27)/b21-13-. The molecular formula is C23H19ClN2O2S. The number of thioether (sulfide) groups is 1. The van der Waals surface area contributed by atoms with Crippen LogP contribution >= 0.6 is 23.4 Å². The fourth-order valence-corrected chi connectivity index (χ4v) is 3.96. The van der Waals surface area contributed by atoms with E-state index in [1.54, 1.807) is 6.08 Å². The maximum atomic E-state index is 12.3. The van der Waals surface area contributed by atoms with Crippen molar-refractivity contribution in [2.24, 2.45) is 4.99 Å².